The van der Waals surface area contributed by atoms with Gasteiger partial charge in [0.1, 0.15) is 0 Å². The largest absolute Gasteiger partial charge is 0.352 e. The molecule has 0 radical (unpaired) electrons. The van der Waals surface area contributed by atoms with Crippen molar-refractivity contribution in [3.05, 3.63) is 0 Å². The first-order valence-corrected chi connectivity index (χ1v) is 6.66. The molecule has 0 bridgehead atoms. The Hall–Kier alpha value is -0.610. The first kappa shape index (κ1) is 16.4. The Labute approximate surface area is 106 Å². The molecule has 0 aliphatic rings. The van der Waals surface area contributed by atoms with Gasteiger partial charge in [0.15, 0.2) is 0 Å². The molecule has 0 aromatic carbocycles. The third-order valence-corrected chi connectivity index (χ3v) is 3.58. The van der Waals surface area contributed by atoms with E-state index in [4.69, 9.17) is 5.73 Å². The fraction of sp³-hybridized carbons (Fsp3) is 0.923. The Balaban J connectivity index is 4.28. The van der Waals surface area contributed by atoms with Crippen LogP contribution in [-0.4, -0.2) is 43.0 Å². The number of hydrogen-bond donors (Lipinski definition) is 2. The molecule has 102 valence electrons. The number of nitrogens with zero attached hydrogens (tertiary/aromatic N) is 1. The van der Waals surface area contributed by atoms with Gasteiger partial charge >= 0.3 is 0 Å². The van der Waals surface area contributed by atoms with Gasteiger partial charge in [-0.05, 0) is 33.4 Å². The van der Waals surface area contributed by atoms with Gasteiger partial charge in [-0.15, -0.1) is 0 Å². The van der Waals surface area contributed by atoms with Crippen LogP contribution in [0.2, 0.25) is 0 Å². The zero-order valence-electron chi connectivity index (χ0n) is 12.0. The van der Waals surface area contributed by atoms with E-state index < -0.39 is 5.41 Å². The summed E-state index contributed by atoms with van der Waals surface area (Å²) in [6.45, 7) is 13.5. The summed E-state index contributed by atoms with van der Waals surface area (Å²) in [5.74, 6) is 0.0714. The third kappa shape index (κ3) is 5.04. The van der Waals surface area contributed by atoms with Gasteiger partial charge in [-0.3, -0.25) is 4.79 Å². The van der Waals surface area contributed by atoms with Crippen LogP contribution in [-0.2, 0) is 4.79 Å². The molecule has 4 heteroatoms. The standard InChI is InChI=1S/C13H29N3O/c1-6-13(5,10-14)12(17)15-11(4)9-16(7-2)8-3/h11H,6-10,14H2,1-5H3,(H,15,17). The highest BCUT2D eigenvalue weighted by molar-refractivity contribution is 5.82. The van der Waals surface area contributed by atoms with Crippen molar-refractivity contribution in [2.45, 2.75) is 47.1 Å². The Bertz CT molecular complexity index is 223. The number of nitrogens with one attached hydrogen (secondary N) is 1. The van der Waals surface area contributed by atoms with E-state index in [1.807, 2.05) is 20.8 Å². The van der Waals surface area contributed by atoms with Crippen LogP contribution >= 0.6 is 0 Å². The number of amides is 1. The molecule has 0 fully saturated rings. The van der Waals surface area contributed by atoms with Crippen LogP contribution in [0.5, 0.6) is 0 Å². The van der Waals surface area contributed by atoms with E-state index in [0.29, 0.717) is 6.54 Å². The van der Waals surface area contributed by atoms with Gasteiger partial charge in [0, 0.05) is 19.1 Å². The fourth-order valence-corrected chi connectivity index (χ4v) is 1.71. The van der Waals surface area contributed by atoms with Crippen molar-refractivity contribution < 1.29 is 4.79 Å². The summed E-state index contributed by atoms with van der Waals surface area (Å²) in [4.78, 5) is 14.4. The second-order valence-electron chi connectivity index (χ2n) is 4.98. The minimum Gasteiger partial charge on any atom is -0.352 e. The van der Waals surface area contributed by atoms with Gasteiger partial charge in [-0.25, -0.2) is 0 Å². The van der Waals surface area contributed by atoms with Crippen molar-refractivity contribution in [3.63, 3.8) is 0 Å². The van der Waals surface area contributed by atoms with Crippen LogP contribution in [0.1, 0.15) is 41.0 Å². The molecule has 0 spiro atoms. The summed E-state index contributed by atoms with van der Waals surface area (Å²) in [6.07, 6.45) is 0.771. The minimum absolute atomic E-state index is 0.0714. The SMILES string of the molecule is CCN(CC)CC(C)NC(=O)C(C)(CC)CN. The van der Waals surface area contributed by atoms with Gasteiger partial charge < -0.3 is 16.0 Å². The zero-order chi connectivity index (χ0) is 13.5. The van der Waals surface area contributed by atoms with Crippen molar-refractivity contribution in [2.24, 2.45) is 11.1 Å². The minimum atomic E-state index is -0.433. The molecule has 0 rings (SSSR count). The van der Waals surface area contributed by atoms with E-state index in [-0.39, 0.29) is 11.9 Å². The highest BCUT2D eigenvalue weighted by Gasteiger charge is 2.30. The van der Waals surface area contributed by atoms with E-state index in [2.05, 4.69) is 24.1 Å². The molecule has 2 unspecified atom stereocenters. The molecule has 0 aromatic rings. The lowest BCUT2D eigenvalue weighted by molar-refractivity contribution is -0.130. The normalized spacial score (nSPS) is 16.6. The molecule has 0 saturated carbocycles. The lowest BCUT2D eigenvalue weighted by atomic mass is 9.86. The molecule has 0 heterocycles. The molecule has 3 N–H and O–H groups in total. The number of hydrogen-bond acceptors (Lipinski definition) is 3. The highest BCUT2D eigenvalue weighted by atomic mass is 16.2. The summed E-state index contributed by atoms with van der Waals surface area (Å²) in [6, 6.07) is 0.167. The van der Waals surface area contributed by atoms with E-state index in [9.17, 15) is 4.79 Å². The Morgan fingerprint density at radius 1 is 1.35 bits per heavy atom. The predicted octanol–water partition coefficient (Wildman–Crippen LogP) is 1.21. The Morgan fingerprint density at radius 2 is 1.88 bits per heavy atom. The summed E-state index contributed by atoms with van der Waals surface area (Å²) >= 11 is 0. The second-order valence-corrected chi connectivity index (χ2v) is 4.98. The second kappa shape index (κ2) is 7.67. The first-order chi connectivity index (χ1) is 7.93. The molecule has 0 aromatic heterocycles. The zero-order valence-corrected chi connectivity index (χ0v) is 12.0. The van der Waals surface area contributed by atoms with Crippen LogP contribution in [0, 0.1) is 5.41 Å². The highest BCUT2D eigenvalue weighted by Crippen LogP contribution is 2.19. The maximum atomic E-state index is 12.1. The van der Waals surface area contributed by atoms with Crippen LogP contribution in [0.4, 0.5) is 0 Å². The lowest BCUT2D eigenvalue weighted by Crippen LogP contribution is -2.49. The Morgan fingerprint density at radius 3 is 2.24 bits per heavy atom. The number of carbonyl (C=O) groups excluding carboxylic acids is 1. The fourth-order valence-electron chi connectivity index (χ4n) is 1.71. The van der Waals surface area contributed by atoms with Crippen LogP contribution < -0.4 is 11.1 Å². The maximum absolute atomic E-state index is 12.1. The molecule has 4 nitrogen and oxygen atoms in total. The molecule has 17 heavy (non-hydrogen) atoms. The molecular formula is C13H29N3O. The summed E-state index contributed by atoms with van der Waals surface area (Å²) < 4.78 is 0. The van der Waals surface area contributed by atoms with Crippen LogP contribution in [0.15, 0.2) is 0 Å². The molecule has 0 aliphatic carbocycles. The van der Waals surface area contributed by atoms with Gasteiger partial charge in [-0.2, -0.15) is 0 Å². The van der Waals surface area contributed by atoms with Crippen molar-refractivity contribution in [1.29, 1.82) is 0 Å². The lowest BCUT2D eigenvalue weighted by Gasteiger charge is -2.29. The van der Waals surface area contributed by atoms with E-state index in [1.165, 1.54) is 0 Å². The number of rotatable bonds is 8. The topological polar surface area (TPSA) is 58.4 Å². The van der Waals surface area contributed by atoms with Gasteiger partial charge in [-0.1, -0.05) is 20.8 Å². The van der Waals surface area contributed by atoms with Crippen molar-refractivity contribution in [1.82, 2.24) is 10.2 Å². The van der Waals surface area contributed by atoms with Gasteiger partial charge in [0.05, 0.1) is 5.41 Å². The third-order valence-electron chi connectivity index (χ3n) is 3.58. The van der Waals surface area contributed by atoms with E-state index in [1.54, 1.807) is 0 Å². The predicted molar refractivity (Wildman–Crippen MR) is 72.8 cm³/mol. The molecule has 0 aliphatic heterocycles. The number of likely N-dealkylation sites (N-methyl/N-ethyl adjacent to an activating group) is 1. The van der Waals surface area contributed by atoms with Crippen molar-refractivity contribution >= 4 is 5.91 Å². The number of nitrogens with two attached hydrogens (primary N) is 1. The van der Waals surface area contributed by atoms with Gasteiger partial charge in [0.2, 0.25) is 5.91 Å². The smallest absolute Gasteiger partial charge is 0.227 e. The van der Waals surface area contributed by atoms with Crippen molar-refractivity contribution in [3.8, 4) is 0 Å². The van der Waals surface area contributed by atoms with Gasteiger partial charge in [0.25, 0.3) is 0 Å². The van der Waals surface area contributed by atoms with E-state index >= 15 is 0 Å². The summed E-state index contributed by atoms with van der Waals surface area (Å²) in [5.41, 5.74) is 5.24. The van der Waals surface area contributed by atoms with Crippen LogP contribution in [0.25, 0.3) is 0 Å². The summed E-state index contributed by atoms with van der Waals surface area (Å²) in [5, 5.41) is 3.06. The first-order valence-electron chi connectivity index (χ1n) is 6.66. The summed E-state index contributed by atoms with van der Waals surface area (Å²) in [7, 11) is 0. The van der Waals surface area contributed by atoms with Crippen LogP contribution in [0.3, 0.4) is 0 Å². The molecular weight excluding hydrogens is 214 g/mol. The van der Waals surface area contributed by atoms with E-state index in [0.717, 1.165) is 26.1 Å². The maximum Gasteiger partial charge on any atom is 0.227 e. The average molecular weight is 243 g/mol. The monoisotopic (exact) mass is 243 g/mol. The van der Waals surface area contributed by atoms with Crippen molar-refractivity contribution in [2.75, 3.05) is 26.2 Å². The quantitative estimate of drug-likeness (QED) is 0.673. The molecule has 1 amide bonds. The Kier molecular flexibility index (Phi) is 7.39. The molecule has 0 saturated heterocycles. The number of carbonyl (C=O) groups is 1. The molecule has 2 atom stereocenters. The average Bonchev–Trinajstić information content (AvgIpc) is 2.34.